The molecule has 0 amide bonds. The van der Waals surface area contributed by atoms with Crippen molar-refractivity contribution < 1.29 is 19.8 Å². The molecule has 4 nitrogen and oxygen atoms in total. The predicted octanol–water partition coefficient (Wildman–Crippen LogP) is 4.68. The van der Waals surface area contributed by atoms with E-state index in [0.717, 1.165) is 18.4 Å². The Balaban J connectivity index is 2.36. The number of hydrogen-bond donors (Lipinski definition) is 2. The van der Waals surface area contributed by atoms with E-state index in [-0.39, 0.29) is 22.6 Å². The third-order valence-electron chi connectivity index (χ3n) is 4.42. The normalized spacial score (nSPS) is 14.6. The minimum atomic E-state index is -0.721. The van der Waals surface area contributed by atoms with Gasteiger partial charge in [-0.2, -0.15) is 0 Å². The largest absolute Gasteiger partial charge is 0.508 e. The molecule has 1 aliphatic carbocycles. The van der Waals surface area contributed by atoms with Crippen LogP contribution in [0.2, 0.25) is 0 Å². The van der Waals surface area contributed by atoms with Crippen LogP contribution in [0, 0.1) is 0 Å². The summed E-state index contributed by atoms with van der Waals surface area (Å²) in [6.45, 7) is 7.54. The van der Waals surface area contributed by atoms with Gasteiger partial charge < -0.3 is 10.2 Å². The van der Waals surface area contributed by atoms with Crippen molar-refractivity contribution in [3.63, 3.8) is 0 Å². The Labute approximate surface area is 148 Å². The van der Waals surface area contributed by atoms with E-state index in [1.807, 2.05) is 13.0 Å². The van der Waals surface area contributed by atoms with Crippen LogP contribution >= 0.6 is 0 Å². The smallest absolute Gasteiger partial charge is 0.234 e. The summed E-state index contributed by atoms with van der Waals surface area (Å²) in [5, 5.41) is 20.4. The van der Waals surface area contributed by atoms with Crippen LogP contribution in [0.5, 0.6) is 5.75 Å². The molecule has 0 radical (unpaired) electrons. The Bertz CT molecular complexity index is 819. The molecule has 0 aliphatic heterocycles. The van der Waals surface area contributed by atoms with Crippen LogP contribution in [-0.2, 0) is 11.2 Å². The van der Waals surface area contributed by atoms with Crippen LogP contribution < -0.4 is 0 Å². The molecule has 0 fully saturated rings. The van der Waals surface area contributed by atoms with Gasteiger partial charge >= 0.3 is 0 Å². The van der Waals surface area contributed by atoms with E-state index in [0.29, 0.717) is 17.5 Å². The number of aliphatic hydroxyl groups excluding tert-OH is 1. The summed E-state index contributed by atoms with van der Waals surface area (Å²) in [6, 6.07) is 2.93. The Morgan fingerprint density at radius 1 is 1.04 bits per heavy atom. The van der Waals surface area contributed by atoms with E-state index in [2.05, 4.69) is 19.9 Å². The number of aliphatic hydroxyl groups is 1. The third kappa shape index (κ3) is 3.90. The van der Waals surface area contributed by atoms with Crippen molar-refractivity contribution in [2.24, 2.45) is 0 Å². The van der Waals surface area contributed by atoms with Crippen molar-refractivity contribution in [1.29, 1.82) is 0 Å². The number of aromatic hydroxyl groups is 1. The van der Waals surface area contributed by atoms with E-state index in [1.165, 1.54) is 24.6 Å². The number of allylic oxidation sites excluding steroid dienone is 5. The number of carbonyl (C=O) groups is 2. The molecule has 0 saturated heterocycles. The number of phenols is 1. The number of Topliss-reactive ketones (excluding diaryl/α,β-unsaturated/α-hetero) is 2. The van der Waals surface area contributed by atoms with Gasteiger partial charge in [0.15, 0.2) is 0 Å². The van der Waals surface area contributed by atoms with E-state index in [9.17, 15) is 19.8 Å². The molecule has 1 aromatic rings. The maximum absolute atomic E-state index is 12.4. The Hall–Kier alpha value is -2.62. The van der Waals surface area contributed by atoms with Gasteiger partial charge in [0.1, 0.15) is 11.5 Å². The van der Waals surface area contributed by atoms with Crippen molar-refractivity contribution in [3.05, 3.63) is 57.7 Å². The van der Waals surface area contributed by atoms with Crippen molar-refractivity contribution in [3.8, 4) is 5.75 Å². The minimum Gasteiger partial charge on any atom is -0.508 e. The van der Waals surface area contributed by atoms with Crippen LogP contribution in [-0.4, -0.2) is 21.8 Å². The lowest BCUT2D eigenvalue weighted by molar-refractivity contribution is -0.111. The molecule has 0 spiro atoms. The zero-order chi connectivity index (χ0) is 18.7. The maximum Gasteiger partial charge on any atom is 0.234 e. The Kier molecular flexibility index (Phi) is 5.62. The molecule has 2 rings (SSSR count). The molecule has 0 heterocycles. The number of fused-ring (bicyclic) bond motifs is 1. The van der Waals surface area contributed by atoms with E-state index in [4.69, 9.17) is 0 Å². The van der Waals surface area contributed by atoms with Gasteiger partial charge in [0.05, 0.1) is 0 Å². The summed E-state index contributed by atoms with van der Waals surface area (Å²) >= 11 is 0. The highest BCUT2D eigenvalue weighted by Crippen LogP contribution is 2.34. The summed E-state index contributed by atoms with van der Waals surface area (Å²) in [6.07, 6.45) is 6.27. The zero-order valence-corrected chi connectivity index (χ0v) is 15.1. The van der Waals surface area contributed by atoms with Crippen molar-refractivity contribution >= 4 is 17.3 Å². The van der Waals surface area contributed by atoms with Crippen molar-refractivity contribution in [1.82, 2.24) is 0 Å². The molecule has 4 heteroatoms. The van der Waals surface area contributed by atoms with Crippen LogP contribution in [0.1, 0.15) is 62.0 Å². The molecule has 0 atom stereocenters. The lowest BCUT2D eigenvalue weighted by atomic mass is 9.84. The average molecular weight is 340 g/mol. The molecule has 132 valence electrons. The first-order valence-electron chi connectivity index (χ1n) is 8.37. The number of ketones is 2. The monoisotopic (exact) mass is 340 g/mol. The minimum absolute atomic E-state index is 0.0411. The molecular formula is C21H24O4. The van der Waals surface area contributed by atoms with Gasteiger partial charge in [0.2, 0.25) is 11.6 Å². The van der Waals surface area contributed by atoms with E-state index in [1.54, 1.807) is 0 Å². The highest BCUT2D eigenvalue weighted by atomic mass is 16.3. The zero-order valence-electron chi connectivity index (χ0n) is 15.1. The summed E-state index contributed by atoms with van der Waals surface area (Å²) in [4.78, 5) is 24.4. The Morgan fingerprint density at radius 2 is 1.72 bits per heavy atom. The van der Waals surface area contributed by atoms with E-state index >= 15 is 0 Å². The topological polar surface area (TPSA) is 74.6 Å². The first kappa shape index (κ1) is 18.7. The average Bonchev–Trinajstić information content (AvgIpc) is 2.56. The molecule has 0 unspecified atom stereocenters. The fourth-order valence-corrected chi connectivity index (χ4v) is 2.86. The third-order valence-corrected chi connectivity index (χ3v) is 4.42. The molecule has 2 N–H and O–H groups in total. The fraction of sp³-hybridized carbons (Fsp3) is 0.333. The van der Waals surface area contributed by atoms with Gasteiger partial charge in [-0.15, -0.1) is 0 Å². The number of phenolic OH excluding ortho intramolecular Hbond substituents is 1. The van der Waals surface area contributed by atoms with Gasteiger partial charge in [-0.05, 0) is 59.1 Å². The summed E-state index contributed by atoms with van der Waals surface area (Å²) in [5.41, 5.74) is 3.26. The van der Waals surface area contributed by atoms with Gasteiger partial charge in [0.25, 0.3) is 0 Å². The van der Waals surface area contributed by atoms with Crippen LogP contribution in [0.25, 0.3) is 5.76 Å². The van der Waals surface area contributed by atoms with Crippen LogP contribution in [0.15, 0.2) is 41.0 Å². The van der Waals surface area contributed by atoms with Crippen molar-refractivity contribution in [2.75, 3.05) is 0 Å². The number of carbonyl (C=O) groups excluding carboxylic acids is 2. The molecule has 25 heavy (non-hydrogen) atoms. The standard InChI is InChI=1S/C21H24O4/c1-12(2)6-5-7-13(3)8-9-15-17(22)11-10-16-18(15)21(25)20(24)14(4)19(16)23/h6,8,10-11,22-23H,5,7,9H2,1-4H3. The molecule has 0 saturated carbocycles. The second-order valence-electron chi connectivity index (χ2n) is 6.69. The van der Waals surface area contributed by atoms with Crippen LogP contribution in [0.4, 0.5) is 0 Å². The second kappa shape index (κ2) is 7.51. The Morgan fingerprint density at radius 3 is 2.36 bits per heavy atom. The SMILES string of the molecule is CC(C)=CCCC(C)=CCc1c(O)ccc2c1C(=O)C(=O)C(C)=C2O. The first-order chi connectivity index (χ1) is 11.7. The van der Waals surface area contributed by atoms with E-state index < -0.39 is 11.6 Å². The quantitative estimate of drug-likeness (QED) is 0.603. The van der Waals surface area contributed by atoms with Gasteiger partial charge in [-0.25, -0.2) is 0 Å². The molecule has 1 aliphatic rings. The predicted molar refractivity (Wildman–Crippen MR) is 98.8 cm³/mol. The van der Waals surface area contributed by atoms with Crippen molar-refractivity contribution in [2.45, 2.75) is 47.0 Å². The fourth-order valence-electron chi connectivity index (χ4n) is 2.86. The molecule has 0 aromatic heterocycles. The maximum atomic E-state index is 12.4. The van der Waals surface area contributed by atoms with Crippen LogP contribution in [0.3, 0.4) is 0 Å². The highest BCUT2D eigenvalue weighted by molar-refractivity contribution is 6.52. The molecule has 1 aromatic carbocycles. The molecular weight excluding hydrogens is 316 g/mol. The number of rotatable bonds is 5. The lowest BCUT2D eigenvalue weighted by Gasteiger charge is -2.19. The summed E-state index contributed by atoms with van der Waals surface area (Å²) < 4.78 is 0. The molecule has 0 bridgehead atoms. The number of benzene rings is 1. The van der Waals surface area contributed by atoms with Gasteiger partial charge in [-0.1, -0.05) is 23.3 Å². The summed E-state index contributed by atoms with van der Waals surface area (Å²) in [7, 11) is 0. The van der Waals surface area contributed by atoms with Gasteiger partial charge in [0, 0.05) is 22.3 Å². The second-order valence-corrected chi connectivity index (χ2v) is 6.69. The highest BCUT2D eigenvalue weighted by Gasteiger charge is 2.33. The lowest BCUT2D eigenvalue weighted by Crippen LogP contribution is -2.24. The van der Waals surface area contributed by atoms with Gasteiger partial charge in [-0.3, -0.25) is 9.59 Å². The first-order valence-corrected chi connectivity index (χ1v) is 8.37. The number of hydrogen-bond acceptors (Lipinski definition) is 4. The summed E-state index contributed by atoms with van der Waals surface area (Å²) in [5.74, 6) is -1.63.